The first-order chi connectivity index (χ1) is 9.75. The number of para-hydroxylation sites is 1. The van der Waals surface area contributed by atoms with Crippen molar-refractivity contribution in [1.82, 2.24) is 9.38 Å². The fourth-order valence-electron chi connectivity index (χ4n) is 2.72. The minimum atomic E-state index is -0.949. The fourth-order valence-corrected chi connectivity index (χ4v) is 3.43. The Morgan fingerprint density at radius 2 is 2.20 bits per heavy atom. The van der Waals surface area contributed by atoms with Crippen molar-refractivity contribution in [2.24, 2.45) is 0 Å². The first-order valence-electron chi connectivity index (χ1n) is 6.30. The van der Waals surface area contributed by atoms with Crippen molar-refractivity contribution in [1.29, 1.82) is 0 Å². The minimum absolute atomic E-state index is 0.234. The van der Waals surface area contributed by atoms with Gasteiger partial charge in [-0.15, -0.1) is 11.3 Å². The number of anilines is 2. The van der Waals surface area contributed by atoms with Crippen molar-refractivity contribution in [3.05, 3.63) is 47.1 Å². The Hall–Kier alpha value is -2.34. The molecule has 0 radical (unpaired) electrons. The van der Waals surface area contributed by atoms with Crippen molar-refractivity contribution in [3.63, 3.8) is 0 Å². The second-order valence-electron chi connectivity index (χ2n) is 4.68. The highest BCUT2D eigenvalue weighted by atomic mass is 32.1. The van der Waals surface area contributed by atoms with Gasteiger partial charge in [-0.2, -0.15) is 0 Å². The third kappa shape index (κ3) is 1.48. The van der Waals surface area contributed by atoms with E-state index in [1.54, 1.807) is 10.6 Å². The molecule has 4 rings (SSSR count). The highest BCUT2D eigenvalue weighted by Crippen LogP contribution is 2.36. The molecule has 0 spiro atoms. The maximum atomic E-state index is 11.6. The molecule has 0 amide bonds. The van der Waals surface area contributed by atoms with Gasteiger partial charge in [-0.1, -0.05) is 18.2 Å². The van der Waals surface area contributed by atoms with Crippen molar-refractivity contribution in [2.45, 2.75) is 6.42 Å². The van der Waals surface area contributed by atoms with Gasteiger partial charge in [-0.3, -0.25) is 4.40 Å². The van der Waals surface area contributed by atoms with Gasteiger partial charge in [0.25, 0.3) is 0 Å². The topological polar surface area (TPSA) is 57.8 Å². The minimum Gasteiger partial charge on any atom is -0.476 e. The van der Waals surface area contributed by atoms with Crippen LogP contribution in [0.1, 0.15) is 16.1 Å². The summed E-state index contributed by atoms with van der Waals surface area (Å²) in [6, 6.07) is 8.07. The van der Waals surface area contributed by atoms with Crippen LogP contribution in [0.2, 0.25) is 0 Å². The number of thiazole rings is 1. The predicted molar refractivity (Wildman–Crippen MR) is 77.2 cm³/mol. The molecule has 0 atom stereocenters. The van der Waals surface area contributed by atoms with E-state index in [2.05, 4.69) is 11.1 Å². The maximum absolute atomic E-state index is 11.6. The zero-order valence-corrected chi connectivity index (χ0v) is 11.3. The summed E-state index contributed by atoms with van der Waals surface area (Å²) in [5.74, 6) is -0.412. The van der Waals surface area contributed by atoms with Crippen LogP contribution in [0.3, 0.4) is 0 Å². The molecule has 5 nitrogen and oxygen atoms in total. The summed E-state index contributed by atoms with van der Waals surface area (Å²) in [5, 5.41) is 11.3. The molecule has 6 heteroatoms. The van der Waals surface area contributed by atoms with E-state index in [0.717, 1.165) is 18.7 Å². The van der Waals surface area contributed by atoms with E-state index < -0.39 is 5.97 Å². The molecule has 0 fully saturated rings. The lowest BCUT2D eigenvalue weighted by Crippen LogP contribution is -2.17. The number of nitrogens with zero attached hydrogens (tertiary/aromatic N) is 3. The van der Waals surface area contributed by atoms with E-state index in [9.17, 15) is 9.90 Å². The molecule has 1 N–H and O–H groups in total. The first-order valence-corrected chi connectivity index (χ1v) is 7.18. The standard InChI is InChI=1S/C14H11N3O2S/c18-13(19)11-12(15-14-17(11)7-8-20-14)16-6-5-9-3-1-2-4-10(9)16/h1-4,7-8H,5-6H2,(H,18,19). The Morgan fingerprint density at radius 1 is 1.35 bits per heavy atom. The number of aromatic nitrogens is 2. The second kappa shape index (κ2) is 4.08. The van der Waals surface area contributed by atoms with E-state index in [1.807, 2.05) is 28.5 Å². The van der Waals surface area contributed by atoms with Gasteiger partial charge in [0.05, 0.1) is 0 Å². The summed E-state index contributed by atoms with van der Waals surface area (Å²) in [4.78, 5) is 18.8. The summed E-state index contributed by atoms with van der Waals surface area (Å²) in [6.45, 7) is 0.768. The lowest BCUT2D eigenvalue weighted by Gasteiger charge is -2.17. The van der Waals surface area contributed by atoms with Gasteiger partial charge in [0.1, 0.15) is 0 Å². The molecule has 100 valence electrons. The molecule has 2 aromatic heterocycles. The van der Waals surface area contributed by atoms with Crippen LogP contribution in [0.4, 0.5) is 11.5 Å². The lowest BCUT2D eigenvalue weighted by molar-refractivity contribution is 0.0690. The van der Waals surface area contributed by atoms with E-state index in [4.69, 9.17) is 0 Å². The van der Waals surface area contributed by atoms with Crippen molar-refractivity contribution in [3.8, 4) is 0 Å². The van der Waals surface area contributed by atoms with Crippen molar-refractivity contribution >= 4 is 33.8 Å². The molecular formula is C14H11N3O2S. The number of rotatable bonds is 2. The highest BCUT2D eigenvalue weighted by molar-refractivity contribution is 7.15. The smallest absolute Gasteiger partial charge is 0.356 e. The third-order valence-corrected chi connectivity index (χ3v) is 4.35. The number of carboxylic acids is 1. The van der Waals surface area contributed by atoms with Gasteiger partial charge < -0.3 is 10.0 Å². The van der Waals surface area contributed by atoms with Crippen molar-refractivity contribution in [2.75, 3.05) is 11.4 Å². The highest BCUT2D eigenvalue weighted by Gasteiger charge is 2.28. The molecule has 3 aromatic rings. The summed E-state index contributed by atoms with van der Waals surface area (Å²) in [5.41, 5.74) is 2.53. The van der Waals surface area contributed by atoms with E-state index in [-0.39, 0.29) is 5.69 Å². The number of benzene rings is 1. The second-order valence-corrected chi connectivity index (χ2v) is 5.55. The summed E-state index contributed by atoms with van der Waals surface area (Å²) in [7, 11) is 0. The SMILES string of the molecule is O=C(O)c1c(N2CCc3ccccc32)nc2sccn12. The Labute approximate surface area is 118 Å². The van der Waals surface area contributed by atoms with Crippen LogP contribution < -0.4 is 4.90 Å². The zero-order valence-electron chi connectivity index (χ0n) is 10.5. The average molecular weight is 285 g/mol. The molecule has 20 heavy (non-hydrogen) atoms. The summed E-state index contributed by atoms with van der Waals surface area (Å²) < 4.78 is 1.64. The number of hydrogen-bond acceptors (Lipinski definition) is 4. The van der Waals surface area contributed by atoms with Crippen LogP contribution in [0.5, 0.6) is 0 Å². The molecule has 1 aromatic carbocycles. The Kier molecular flexibility index (Phi) is 2.34. The monoisotopic (exact) mass is 285 g/mol. The van der Waals surface area contributed by atoms with Gasteiger partial charge in [0.2, 0.25) is 0 Å². The van der Waals surface area contributed by atoms with Crippen molar-refractivity contribution < 1.29 is 9.90 Å². The molecular weight excluding hydrogens is 274 g/mol. The normalized spacial score (nSPS) is 13.9. The molecule has 1 aliphatic heterocycles. The van der Waals surface area contributed by atoms with Gasteiger partial charge in [0, 0.05) is 23.8 Å². The van der Waals surface area contributed by atoms with Gasteiger partial charge in [0.15, 0.2) is 16.5 Å². The zero-order chi connectivity index (χ0) is 13.7. The number of fused-ring (bicyclic) bond motifs is 2. The number of imidazole rings is 1. The molecule has 1 aliphatic rings. The van der Waals surface area contributed by atoms with Crippen LogP contribution in [0.25, 0.3) is 4.96 Å². The molecule has 0 bridgehead atoms. The summed E-state index contributed by atoms with van der Waals surface area (Å²) in [6.07, 6.45) is 2.67. The predicted octanol–water partition coefficient (Wildman–Crippen LogP) is 2.79. The van der Waals surface area contributed by atoms with E-state index >= 15 is 0 Å². The van der Waals surface area contributed by atoms with Crippen LogP contribution >= 0.6 is 11.3 Å². The van der Waals surface area contributed by atoms with Crippen LogP contribution in [-0.4, -0.2) is 27.0 Å². The number of aromatic carboxylic acids is 1. The summed E-state index contributed by atoms with van der Waals surface area (Å²) >= 11 is 1.44. The Balaban J connectivity index is 1.93. The van der Waals surface area contributed by atoms with Gasteiger partial charge in [-0.05, 0) is 18.1 Å². The third-order valence-electron chi connectivity index (χ3n) is 3.59. The molecule has 0 unspecified atom stereocenters. The fraction of sp³-hybridized carbons (Fsp3) is 0.143. The lowest BCUT2D eigenvalue weighted by atomic mass is 10.2. The van der Waals surface area contributed by atoms with E-state index in [0.29, 0.717) is 10.8 Å². The van der Waals surface area contributed by atoms with E-state index in [1.165, 1.54) is 16.9 Å². The van der Waals surface area contributed by atoms with Crippen LogP contribution in [0, 0.1) is 0 Å². The number of hydrogen-bond donors (Lipinski definition) is 1. The maximum Gasteiger partial charge on any atom is 0.356 e. The molecule has 0 saturated carbocycles. The molecule has 3 heterocycles. The van der Waals surface area contributed by atoms with Gasteiger partial charge in [-0.25, -0.2) is 9.78 Å². The van der Waals surface area contributed by atoms with Gasteiger partial charge >= 0.3 is 5.97 Å². The number of carboxylic acid groups (broad SMARTS) is 1. The first kappa shape index (κ1) is 11.5. The Morgan fingerprint density at radius 3 is 3.05 bits per heavy atom. The van der Waals surface area contributed by atoms with Crippen LogP contribution in [-0.2, 0) is 6.42 Å². The molecule has 0 saturated heterocycles. The average Bonchev–Trinajstić information content (AvgIpc) is 3.10. The quantitative estimate of drug-likeness (QED) is 0.786. The Bertz CT molecular complexity index is 821. The van der Waals surface area contributed by atoms with Crippen LogP contribution in [0.15, 0.2) is 35.8 Å². The molecule has 0 aliphatic carbocycles. The largest absolute Gasteiger partial charge is 0.476 e. The number of carbonyl (C=O) groups is 1.